The van der Waals surface area contributed by atoms with Crippen molar-refractivity contribution in [3.8, 4) is 0 Å². The maximum Gasteiger partial charge on any atom is 0.248 e. The number of benzene rings is 1. The second-order valence-electron chi connectivity index (χ2n) is 5.69. The minimum Gasteiger partial charge on any atom is -0.273 e. The quantitative estimate of drug-likeness (QED) is 0.719. The van der Waals surface area contributed by atoms with E-state index in [2.05, 4.69) is 10.9 Å². The largest absolute Gasteiger partial charge is 0.273 e. The fraction of sp³-hybridized carbons (Fsp3) is 0.467. The SMILES string of the molecule is O=C(CSCc1ccc(Cl)cc1)NNC(=O)C[C@H]1CCS(=O)(=O)C1. The Hall–Kier alpha value is -1.25. The summed E-state index contributed by atoms with van der Waals surface area (Å²) in [4.78, 5) is 23.4. The van der Waals surface area contributed by atoms with Crippen LogP contribution < -0.4 is 10.9 Å². The van der Waals surface area contributed by atoms with Crippen molar-refractivity contribution in [1.29, 1.82) is 0 Å². The molecule has 0 spiro atoms. The molecule has 1 aromatic carbocycles. The molecule has 1 atom stereocenters. The monoisotopic (exact) mass is 390 g/mol. The summed E-state index contributed by atoms with van der Waals surface area (Å²) >= 11 is 7.22. The second kappa shape index (κ2) is 8.73. The number of hydrazine groups is 1. The van der Waals surface area contributed by atoms with E-state index in [-0.39, 0.29) is 41.4 Å². The number of rotatable bonds is 6. The lowest BCUT2D eigenvalue weighted by Crippen LogP contribution is -2.43. The van der Waals surface area contributed by atoms with Crippen molar-refractivity contribution in [2.24, 2.45) is 5.92 Å². The number of nitrogens with one attached hydrogen (secondary N) is 2. The van der Waals surface area contributed by atoms with Crippen LogP contribution in [0.5, 0.6) is 0 Å². The molecule has 1 aliphatic rings. The summed E-state index contributed by atoms with van der Waals surface area (Å²) in [6.45, 7) is 0. The minimum atomic E-state index is -2.99. The van der Waals surface area contributed by atoms with Crippen LogP contribution in [-0.2, 0) is 25.2 Å². The van der Waals surface area contributed by atoms with Crippen LogP contribution in [0.3, 0.4) is 0 Å². The lowest BCUT2D eigenvalue weighted by Gasteiger charge is -2.10. The standard InChI is InChI=1S/C15H19ClN2O4S2/c16-13-3-1-11(2-4-13)8-23-9-15(20)18-17-14(19)7-12-5-6-24(21,22)10-12/h1-4,12H,5-10H2,(H,17,19)(H,18,20)/t12-/m1/s1. The lowest BCUT2D eigenvalue weighted by molar-refractivity contribution is -0.128. The molecule has 1 aliphatic heterocycles. The average molecular weight is 391 g/mol. The molecule has 2 N–H and O–H groups in total. The van der Waals surface area contributed by atoms with Crippen LogP contribution in [0.2, 0.25) is 5.02 Å². The third-order valence-corrected chi connectivity index (χ3v) is 6.65. The second-order valence-corrected chi connectivity index (χ2v) is 9.34. The van der Waals surface area contributed by atoms with Gasteiger partial charge in [0, 0.05) is 17.2 Å². The van der Waals surface area contributed by atoms with Crippen molar-refractivity contribution in [1.82, 2.24) is 10.9 Å². The van der Waals surface area contributed by atoms with Crippen LogP contribution in [0.4, 0.5) is 0 Å². The topological polar surface area (TPSA) is 92.3 Å². The molecule has 0 radical (unpaired) electrons. The highest BCUT2D eigenvalue weighted by molar-refractivity contribution is 7.99. The van der Waals surface area contributed by atoms with E-state index < -0.39 is 9.84 Å². The van der Waals surface area contributed by atoms with Gasteiger partial charge in [-0.25, -0.2) is 8.42 Å². The molecule has 0 unspecified atom stereocenters. The molecule has 24 heavy (non-hydrogen) atoms. The van der Waals surface area contributed by atoms with Crippen molar-refractivity contribution in [3.63, 3.8) is 0 Å². The highest BCUT2D eigenvalue weighted by Crippen LogP contribution is 2.21. The number of thioether (sulfide) groups is 1. The van der Waals surface area contributed by atoms with Gasteiger partial charge in [0.25, 0.3) is 0 Å². The number of hydrogen-bond acceptors (Lipinski definition) is 5. The molecule has 2 amide bonds. The Morgan fingerprint density at radius 3 is 2.46 bits per heavy atom. The van der Waals surface area contributed by atoms with Crippen LogP contribution in [0.15, 0.2) is 24.3 Å². The van der Waals surface area contributed by atoms with Crippen molar-refractivity contribution in [2.75, 3.05) is 17.3 Å². The molecule has 0 bridgehead atoms. The molecule has 1 fully saturated rings. The molecule has 132 valence electrons. The summed E-state index contributed by atoms with van der Waals surface area (Å²) in [7, 11) is -2.99. The maximum absolute atomic E-state index is 11.7. The van der Waals surface area contributed by atoms with E-state index in [1.165, 1.54) is 11.8 Å². The third-order valence-electron chi connectivity index (χ3n) is 3.56. The van der Waals surface area contributed by atoms with Gasteiger partial charge >= 0.3 is 0 Å². The van der Waals surface area contributed by atoms with Gasteiger partial charge in [-0.15, -0.1) is 11.8 Å². The van der Waals surface area contributed by atoms with Gasteiger partial charge in [0.2, 0.25) is 11.8 Å². The summed E-state index contributed by atoms with van der Waals surface area (Å²) in [6, 6.07) is 7.37. The van der Waals surface area contributed by atoms with E-state index in [0.717, 1.165) is 5.56 Å². The predicted molar refractivity (Wildman–Crippen MR) is 95.3 cm³/mol. The first kappa shape index (κ1) is 19.1. The van der Waals surface area contributed by atoms with Gasteiger partial charge < -0.3 is 0 Å². The normalized spacial score (nSPS) is 19.0. The summed E-state index contributed by atoms with van der Waals surface area (Å²) in [5, 5.41) is 0.666. The van der Waals surface area contributed by atoms with Gasteiger partial charge in [-0.05, 0) is 30.0 Å². The molecule has 9 heteroatoms. The van der Waals surface area contributed by atoms with Crippen molar-refractivity contribution < 1.29 is 18.0 Å². The van der Waals surface area contributed by atoms with Crippen molar-refractivity contribution >= 4 is 45.0 Å². The number of halogens is 1. The molecule has 1 saturated heterocycles. The first-order valence-corrected chi connectivity index (χ1v) is 10.8. The molecule has 2 rings (SSSR count). The number of carbonyl (C=O) groups is 2. The van der Waals surface area contributed by atoms with E-state index in [1.54, 1.807) is 12.1 Å². The first-order valence-electron chi connectivity index (χ1n) is 7.44. The van der Waals surface area contributed by atoms with E-state index in [4.69, 9.17) is 11.6 Å². The minimum absolute atomic E-state index is 0.0469. The highest BCUT2D eigenvalue weighted by atomic mass is 35.5. The summed E-state index contributed by atoms with van der Waals surface area (Å²) in [5.74, 6) is 0.226. The fourth-order valence-corrected chi connectivity index (χ4v) is 5.14. The van der Waals surface area contributed by atoms with Crippen molar-refractivity contribution in [2.45, 2.75) is 18.6 Å². The average Bonchev–Trinajstić information content (AvgIpc) is 2.86. The molecule has 0 saturated carbocycles. The summed E-state index contributed by atoms with van der Waals surface area (Å²) in [6.07, 6.45) is 0.609. The number of amides is 2. The number of carbonyl (C=O) groups excluding carboxylic acids is 2. The van der Waals surface area contributed by atoms with Crippen LogP contribution in [0.1, 0.15) is 18.4 Å². The Labute approximate surface area is 150 Å². The Morgan fingerprint density at radius 1 is 1.17 bits per heavy atom. The molecule has 1 aromatic rings. The van der Waals surface area contributed by atoms with Crippen LogP contribution >= 0.6 is 23.4 Å². The summed E-state index contributed by atoms with van der Waals surface area (Å²) < 4.78 is 22.7. The zero-order valence-corrected chi connectivity index (χ0v) is 15.3. The zero-order valence-electron chi connectivity index (χ0n) is 13.0. The van der Waals surface area contributed by atoms with E-state index in [1.807, 2.05) is 12.1 Å². The van der Waals surface area contributed by atoms with Crippen LogP contribution in [-0.4, -0.2) is 37.5 Å². The first-order chi connectivity index (χ1) is 11.3. The smallest absolute Gasteiger partial charge is 0.248 e. The van der Waals surface area contributed by atoms with Crippen LogP contribution in [0.25, 0.3) is 0 Å². The summed E-state index contributed by atoms with van der Waals surface area (Å²) in [5.41, 5.74) is 5.73. The van der Waals surface area contributed by atoms with E-state index in [0.29, 0.717) is 17.2 Å². The van der Waals surface area contributed by atoms with Crippen molar-refractivity contribution in [3.05, 3.63) is 34.9 Å². The Morgan fingerprint density at radius 2 is 1.83 bits per heavy atom. The Balaban J connectivity index is 1.60. The van der Waals surface area contributed by atoms with Gasteiger partial charge in [-0.2, -0.15) is 0 Å². The third kappa shape index (κ3) is 6.70. The van der Waals surface area contributed by atoms with Gasteiger partial charge in [0.05, 0.1) is 17.3 Å². The Kier molecular flexibility index (Phi) is 6.94. The molecular weight excluding hydrogens is 372 g/mol. The highest BCUT2D eigenvalue weighted by Gasteiger charge is 2.29. The molecule has 0 aromatic heterocycles. The van der Waals surface area contributed by atoms with E-state index >= 15 is 0 Å². The zero-order chi connectivity index (χ0) is 17.6. The maximum atomic E-state index is 11.7. The predicted octanol–water partition coefficient (Wildman–Crippen LogP) is 1.55. The molecule has 6 nitrogen and oxygen atoms in total. The molecular formula is C15H19ClN2O4S2. The van der Waals surface area contributed by atoms with E-state index in [9.17, 15) is 18.0 Å². The van der Waals surface area contributed by atoms with Gasteiger partial charge in [-0.1, -0.05) is 23.7 Å². The number of hydrogen-bond donors (Lipinski definition) is 2. The van der Waals surface area contributed by atoms with Gasteiger partial charge in [0.1, 0.15) is 0 Å². The lowest BCUT2D eigenvalue weighted by atomic mass is 10.1. The molecule has 0 aliphatic carbocycles. The van der Waals surface area contributed by atoms with Gasteiger partial charge in [0.15, 0.2) is 9.84 Å². The van der Waals surface area contributed by atoms with Gasteiger partial charge in [-0.3, -0.25) is 20.4 Å². The molecule has 1 heterocycles. The Bertz CT molecular complexity index is 692. The van der Waals surface area contributed by atoms with Crippen LogP contribution in [0, 0.1) is 5.92 Å². The fourth-order valence-electron chi connectivity index (χ4n) is 2.36. The number of sulfone groups is 1.